The van der Waals surface area contributed by atoms with Gasteiger partial charge >= 0.3 is 0 Å². The fourth-order valence-electron chi connectivity index (χ4n) is 2.87. The van der Waals surface area contributed by atoms with Crippen molar-refractivity contribution in [1.82, 2.24) is 20.1 Å². The van der Waals surface area contributed by atoms with Crippen LogP contribution in [0.1, 0.15) is 11.4 Å². The van der Waals surface area contributed by atoms with Crippen LogP contribution in [0.4, 0.5) is 5.69 Å². The lowest BCUT2D eigenvalue weighted by Crippen LogP contribution is -2.23. The van der Waals surface area contributed by atoms with Crippen LogP contribution in [-0.4, -0.2) is 39.4 Å². The fourth-order valence-corrected chi connectivity index (χ4v) is 3.84. The molecule has 0 fully saturated rings. The number of amides is 2. The quantitative estimate of drug-likeness (QED) is 0.234. The van der Waals surface area contributed by atoms with Gasteiger partial charge in [0, 0.05) is 23.3 Å². The number of methoxy groups -OCH3 is 1. The van der Waals surface area contributed by atoms with Crippen molar-refractivity contribution in [2.75, 3.05) is 18.2 Å². The molecule has 0 radical (unpaired) electrons. The van der Waals surface area contributed by atoms with Crippen LogP contribution < -0.4 is 15.4 Å². The highest BCUT2D eigenvalue weighted by molar-refractivity contribution is 7.99. The summed E-state index contributed by atoms with van der Waals surface area (Å²) >= 11 is 7.35. The van der Waals surface area contributed by atoms with Crippen LogP contribution in [-0.2, 0) is 22.7 Å². The molecule has 1 heterocycles. The molecular weight excluding hydrogens is 474 g/mol. The van der Waals surface area contributed by atoms with Gasteiger partial charge in [-0.25, -0.2) is 0 Å². The van der Waals surface area contributed by atoms with Crippen LogP contribution in [0.3, 0.4) is 0 Å². The number of hydrogen-bond acceptors (Lipinski definition) is 6. The maximum Gasteiger partial charge on any atom is 0.244 e. The van der Waals surface area contributed by atoms with E-state index in [0.717, 1.165) is 5.56 Å². The van der Waals surface area contributed by atoms with E-state index < -0.39 is 0 Å². The largest absolute Gasteiger partial charge is 0.497 e. The zero-order chi connectivity index (χ0) is 24.3. The lowest BCUT2D eigenvalue weighted by atomic mass is 10.2. The fraction of sp³-hybridized carbons (Fsp3) is 0.167. The second-order valence-corrected chi connectivity index (χ2v) is 8.29. The number of halogens is 1. The molecule has 176 valence electrons. The molecule has 0 saturated carbocycles. The Morgan fingerprint density at radius 1 is 1.18 bits per heavy atom. The van der Waals surface area contributed by atoms with E-state index in [9.17, 15) is 9.59 Å². The predicted molar refractivity (Wildman–Crippen MR) is 135 cm³/mol. The molecule has 0 aliphatic carbocycles. The van der Waals surface area contributed by atoms with Crippen molar-refractivity contribution in [3.05, 3.63) is 83.7 Å². The van der Waals surface area contributed by atoms with Crippen LogP contribution in [0.15, 0.2) is 72.4 Å². The van der Waals surface area contributed by atoms with Crippen LogP contribution in [0.25, 0.3) is 6.08 Å². The summed E-state index contributed by atoms with van der Waals surface area (Å²) in [7, 11) is 1.58. The van der Waals surface area contributed by atoms with Crippen molar-refractivity contribution < 1.29 is 14.3 Å². The molecule has 3 aromatic rings. The average molecular weight is 498 g/mol. The van der Waals surface area contributed by atoms with E-state index in [4.69, 9.17) is 16.3 Å². The van der Waals surface area contributed by atoms with Gasteiger partial charge in [-0.05, 0) is 42.0 Å². The highest BCUT2D eigenvalue weighted by atomic mass is 35.5. The average Bonchev–Trinajstić information content (AvgIpc) is 3.23. The Hall–Kier alpha value is -3.56. The molecule has 2 N–H and O–H groups in total. The summed E-state index contributed by atoms with van der Waals surface area (Å²) in [5, 5.41) is 15.1. The molecule has 3 rings (SSSR count). The van der Waals surface area contributed by atoms with Crippen LogP contribution in [0.2, 0.25) is 5.02 Å². The molecule has 0 unspecified atom stereocenters. The lowest BCUT2D eigenvalue weighted by molar-refractivity contribution is -0.116. The van der Waals surface area contributed by atoms with Gasteiger partial charge < -0.3 is 19.9 Å². The zero-order valence-corrected chi connectivity index (χ0v) is 20.1. The molecule has 2 aromatic carbocycles. The molecule has 34 heavy (non-hydrogen) atoms. The van der Waals surface area contributed by atoms with Crippen LogP contribution in [0, 0.1) is 0 Å². The third-order valence-corrected chi connectivity index (χ3v) is 5.86. The molecule has 0 atom stereocenters. The van der Waals surface area contributed by atoms with Gasteiger partial charge in [-0.1, -0.05) is 47.6 Å². The van der Waals surface area contributed by atoms with Crippen LogP contribution >= 0.6 is 23.4 Å². The molecule has 2 amide bonds. The number of nitrogens with zero attached hydrogens (tertiary/aromatic N) is 3. The molecule has 0 saturated heterocycles. The Bertz CT molecular complexity index is 1180. The van der Waals surface area contributed by atoms with E-state index in [1.807, 2.05) is 18.2 Å². The number of benzene rings is 2. The summed E-state index contributed by atoms with van der Waals surface area (Å²) in [4.78, 5) is 24.6. The lowest BCUT2D eigenvalue weighted by Gasteiger charge is -2.09. The first-order chi connectivity index (χ1) is 16.5. The van der Waals surface area contributed by atoms with Gasteiger partial charge in [-0.3, -0.25) is 9.59 Å². The second-order valence-electron chi connectivity index (χ2n) is 6.94. The third-order valence-electron chi connectivity index (χ3n) is 4.55. The van der Waals surface area contributed by atoms with Crippen molar-refractivity contribution in [3.63, 3.8) is 0 Å². The van der Waals surface area contributed by atoms with Crippen molar-refractivity contribution in [1.29, 1.82) is 0 Å². The second kappa shape index (κ2) is 12.6. The van der Waals surface area contributed by atoms with Gasteiger partial charge in [-0.2, -0.15) is 0 Å². The number of ether oxygens (including phenoxy) is 1. The van der Waals surface area contributed by atoms with E-state index in [1.165, 1.54) is 17.8 Å². The van der Waals surface area contributed by atoms with Gasteiger partial charge in [0.05, 0.1) is 19.4 Å². The van der Waals surface area contributed by atoms with Crippen LogP contribution in [0.5, 0.6) is 5.75 Å². The topological polar surface area (TPSA) is 98.1 Å². The number of carbonyl (C=O) groups excluding carboxylic acids is 2. The van der Waals surface area contributed by atoms with E-state index in [0.29, 0.717) is 34.0 Å². The summed E-state index contributed by atoms with van der Waals surface area (Å²) in [6.07, 6.45) is 4.76. The van der Waals surface area contributed by atoms with Crippen molar-refractivity contribution >= 4 is 46.9 Å². The summed E-state index contributed by atoms with van der Waals surface area (Å²) in [6, 6.07) is 14.3. The molecule has 10 heteroatoms. The minimum atomic E-state index is -0.291. The Balaban J connectivity index is 1.55. The Morgan fingerprint density at radius 2 is 1.94 bits per heavy atom. The van der Waals surface area contributed by atoms with Crippen molar-refractivity contribution in [3.8, 4) is 5.75 Å². The minimum Gasteiger partial charge on any atom is -0.497 e. The first kappa shape index (κ1) is 25.1. The normalized spacial score (nSPS) is 10.8. The zero-order valence-electron chi connectivity index (χ0n) is 18.5. The van der Waals surface area contributed by atoms with Gasteiger partial charge in [0.2, 0.25) is 11.8 Å². The molecule has 0 aliphatic heterocycles. The summed E-state index contributed by atoms with van der Waals surface area (Å²) < 4.78 is 6.91. The van der Waals surface area contributed by atoms with E-state index in [2.05, 4.69) is 27.4 Å². The number of aromatic nitrogens is 3. The standard InChI is InChI=1S/C24H24ClN5O3S/c1-3-14-30-21(15-26-22(31)13-8-17-6-4-5-7-20(17)25)28-29-24(30)34-16-23(32)27-18-9-11-19(33-2)12-10-18/h3-13H,1,14-16H2,2H3,(H,26,31)(H,27,32)/b13-8+. The molecular formula is C24H24ClN5O3S. The van der Waals surface area contributed by atoms with Gasteiger partial charge in [0.25, 0.3) is 0 Å². The monoisotopic (exact) mass is 497 g/mol. The highest BCUT2D eigenvalue weighted by Gasteiger charge is 2.14. The predicted octanol–water partition coefficient (Wildman–Crippen LogP) is 4.19. The molecule has 0 bridgehead atoms. The summed E-state index contributed by atoms with van der Waals surface area (Å²) in [5.41, 5.74) is 1.42. The van der Waals surface area contributed by atoms with E-state index >= 15 is 0 Å². The minimum absolute atomic E-state index is 0.147. The first-order valence-corrected chi connectivity index (χ1v) is 11.7. The van der Waals surface area contributed by atoms with E-state index in [1.54, 1.807) is 54.2 Å². The van der Waals surface area contributed by atoms with Crippen molar-refractivity contribution in [2.24, 2.45) is 0 Å². The number of carbonyl (C=O) groups is 2. The SMILES string of the molecule is C=CCn1c(CNC(=O)/C=C/c2ccccc2Cl)nnc1SCC(=O)Nc1ccc(OC)cc1. The van der Waals surface area contributed by atoms with Gasteiger partial charge in [-0.15, -0.1) is 16.8 Å². The smallest absolute Gasteiger partial charge is 0.244 e. The molecule has 8 nitrogen and oxygen atoms in total. The molecule has 1 aromatic heterocycles. The highest BCUT2D eigenvalue weighted by Crippen LogP contribution is 2.19. The Labute approximate surface area is 207 Å². The third kappa shape index (κ3) is 7.23. The number of anilines is 1. The van der Waals surface area contributed by atoms with Gasteiger partial charge in [0.15, 0.2) is 11.0 Å². The number of thioether (sulfide) groups is 1. The summed E-state index contributed by atoms with van der Waals surface area (Å²) in [6.45, 7) is 4.38. The number of allylic oxidation sites excluding steroid dienone is 1. The Morgan fingerprint density at radius 3 is 2.65 bits per heavy atom. The maximum absolute atomic E-state index is 12.3. The van der Waals surface area contributed by atoms with Crippen molar-refractivity contribution in [2.45, 2.75) is 18.2 Å². The maximum atomic E-state index is 12.3. The first-order valence-electron chi connectivity index (χ1n) is 10.3. The van der Waals surface area contributed by atoms with E-state index in [-0.39, 0.29) is 24.1 Å². The number of rotatable bonds is 11. The Kier molecular flexibility index (Phi) is 9.30. The number of nitrogens with one attached hydrogen (secondary N) is 2. The summed E-state index contributed by atoms with van der Waals surface area (Å²) in [5.74, 6) is 0.944. The molecule has 0 aliphatic rings. The van der Waals surface area contributed by atoms with Gasteiger partial charge in [0.1, 0.15) is 5.75 Å². The molecule has 0 spiro atoms. The number of hydrogen-bond donors (Lipinski definition) is 2.